The van der Waals surface area contributed by atoms with E-state index in [-0.39, 0.29) is 36.8 Å². The molecule has 0 spiro atoms. The van der Waals surface area contributed by atoms with E-state index in [9.17, 15) is 14.4 Å². The Balaban J connectivity index is 1.31. The molecular formula is C24H24N4O4S. The van der Waals surface area contributed by atoms with Gasteiger partial charge in [0.2, 0.25) is 5.13 Å². The number of aromatic nitrogens is 2. The fraction of sp³-hybridized carbons (Fsp3) is 0.292. The number of hydrogen-bond donors (Lipinski definition) is 1. The summed E-state index contributed by atoms with van der Waals surface area (Å²) in [5, 5.41) is 11.7. The van der Waals surface area contributed by atoms with Crippen LogP contribution < -0.4 is 10.1 Å². The van der Waals surface area contributed by atoms with Gasteiger partial charge in [-0.1, -0.05) is 49.4 Å². The number of benzene rings is 2. The van der Waals surface area contributed by atoms with E-state index >= 15 is 0 Å². The summed E-state index contributed by atoms with van der Waals surface area (Å²) in [4.78, 5) is 38.5. The highest BCUT2D eigenvalue weighted by atomic mass is 32.1. The van der Waals surface area contributed by atoms with Crippen molar-refractivity contribution in [2.24, 2.45) is 0 Å². The Morgan fingerprint density at radius 2 is 1.79 bits per heavy atom. The molecule has 0 radical (unpaired) electrons. The summed E-state index contributed by atoms with van der Waals surface area (Å²) < 4.78 is 5.75. The van der Waals surface area contributed by atoms with E-state index in [0.717, 1.165) is 11.1 Å². The van der Waals surface area contributed by atoms with E-state index in [1.807, 2.05) is 25.1 Å². The summed E-state index contributed by atoms with van der Waals surface area (Å²) in [6.45, 7) is 6.17. The Hall–Kier alpha value is -3.59. The number of nitrogens with one attached hydrogen (secondary N) is 1. The van der Waals surface area contributed by atoms with E-state index in [4.69, 9.17) is 4.74 Å². The molecule has 1 aliphatic heterocycles. The second kappa shape index (κ2) is 9.50. The first-order valence-corrected chi connectivity index (χ1v) is 11.5. The maximum atomic E-state index is 12.5. The van der Waals surface area contributed by atoms with Crippen molar-refractivity contribution >= 4 is 34.2 Å². The highest BCUT2D eigenvalue weighted by Crippen LogP contribution is 2.28. The molecular weight excluding hydrogens is 440 g/mol. The molecule has 0 saturated heterocycles. The number of carbonyl (C=O) groups excluding carboxylic acids is 3. The third kappa shape index (κ3) is 4.93. The Bertz CT molecular complexity index is 1190. The number of hydrogen-bond acceptors (Lipinski definition) is 7. The van der Waals surface area contributed by atoms with Gasteiger partial charge in [0.1, 0.15) is 10.8 Å². The topological polar surface area (TPSA) is 101 Å². The monoisotopic (exact) mass is 464 g/mol. The van der Waals surface area contributed by atoms with Crippen LogP contribution in [0.5, 0.6) is 5.75 Å². The molecule has 0 atom stereocenters. The van der Waals surface area contributed by atoms with Crippen molar-refractivity contribution < 1.29 is 19.1 Å². The molecule has 1 aliphatic rings. The van der Waals surface area contributed by atoms with Crippen molar-refractivity contribution in [3.8, 4) is 5.75 Å². The number of nitrogens with zero attached hydrogens (tertiary/aromatic N) is 3. The number of anilines is 1. The highest BCUT2D eigenvalue weighted by molar-refractivity contribution is 7.15. The molecule has 3 aromatic rings. The fourth-order valence-electron chi connectivity index (χ4n) is 3.60. The maximum absolute atomic E-state index is 12.5. The van der Waals surface area contributed by atoms with Crippen molar-refractivity contribution in [1.29, 1.82) is 0 Å². The van der Waals surface area contributed by atoms with Gasteiger partial charge in [-0.05, 0) is 42.2 Å². The lowest BCUT2D eigenvalue weighted by molar-refractivity contribution is -0.118. The third-order valence-electron chi connectivity index (χ3n) is 5.29. The first kappa shape index (κ1) is 22.6. The molecule has 0 saturated carbocycles. The SMILES string of the molecule is Cc1ccc(C(C)C)c(OCC(=O)Nc2nnc(CCN3C(=O)c4ccccc4C3=O)s2)c1. The number of imide groups is 1. The number of amides is 3. The molecule has 1 N–H and O–H groups in total. The average Bonchev–Trinajstić information content (AvgIpc) is 3.33. The zero-order valence-electron chi connectivity index (χ0n) is 18.6. The summed E-state index contributed by atoms with van der Waals surface area (Å²) in [6.07, 6.45) is 0.358. The van der Waals surface area contributed by atoms with Crippen molar-refractivity contribution in [1.82, 2.24) is 15.1 Å². The smallest absolute Gasteiger partial charge is 0.264 e. The van der Waals surface area contributed by atoms with Crippen LogP contribution in [0.3, 0.4) is 0 Å². The maximum Gasteiger partial charge on any atom is 0.264 e. The number of aryl methyl sites for hydroxylation is 1. The molecule has 1 aromatic heterocycles. The number of carbonyl (C=O) groups is 3. The van der Waals surface area contributed by atoms with Gasteiger partial charge in [0, 0.05) is 13.0 Å². The lowest BCUT2D eigenvalue weighted by atomic mass is 10.0. The van der Waals surface area contributed by atoms with Crippen LogP contribution >= 0.6 is 11.3 Å². The Kier molecular flexibility index (Phi) is 6.50. The molecule has 170 valence electrons. The molecule has 2 aromatic carbocycles. The van der Waals surface area contributed by atoms with Gasteiger partial charge in [-0.3, -0.25) is 24.6 Å². The van der Waals surface area contributed by atoms with Crippen LogP contribution in [0.15, 0.2) is 42.5 Å². The minimum absolute atomic E-state index is 0.146. The van der Waals surface area contributed by atoms with Crippen LogP contribution in [0, 0.1) is 6.92 Å². The molecule has 0 aliphatic carbocycles. The van der Waals surface area contributed by atoms with Crippen molar-refractivity contribution in [2.45, 2.75) is 33.1 Å². The van der Waals surface area contributed by atoms with Gasteiger partial charge in [-0.25, -0.2) is 0 Å². The van der Waals surface area contributed by atoms with Gasteiger partial charge >= 0.3 is 0 Å². The molecule has 0 fully saturated rings. The highest BCUT2D eigenvalue weighted by Gasteiger charge is 2.34. The standard InChI is InChI=1S/C24H24N4O4S/c1-14(2)16-9-8-15(3)12-19(16)32-13-20(29)25-24-27-26-21(33-24)10-11-28-22(30)17-6-4-5-7-18(17)23(28)31/h4-9,12,14H,10-11,13H2,1-3H3,(H,25,27,29). The van der Waals surface area contributed by atoms with Crippen LogP contribution in [0.25, 0.3) is 0 Å². The van der Waals surface area contributed by atoms with Crippen molar-refractivity contribution in [2.75, 3.05) is 18.5 Å². The summed E-state index contributed by atoms with van der Waals surface area (Å²) in [7, 11) is 0. The van der Waals surface area contributed by atoms with E-state index in [1.165, 1.54) is 16.2 Å². The van der Waals surface area contributed by atoms with Gasteiger partial charge in [-0.2, -0.15) is 0 Å². The van der Waals surface area contributed by atoms with Gasteiger partial charge < -0.3 is 4.74 Å². The molecule has 8 nitrogen and oxygen atoms in total. The van der Waals surface area contributed by atoms with Crippen LogP contribution in [-0.4, -0.2) is 46.0 Å². The first-order chi connectivity index (χ1) is 15.8. The van der Waals surface area contributed by atoms with E-state index in [0.29, 0.717) is 33.4 Å². The Morgan fingerprint density at radius 3 is 2.45 bits per heavy atom. The summed E-state index contributed by atoms with van der Waals surface area (Å²) in [5.41, 5.74) is 2.94. The molecule has 9 heteroatoms. The molecule has 0 bridgehead atoms. The van der Waals surface area contributed by atoms with Crippen molar-refractivity contribution in [3.05, 3.63) is 69.7 Å². The Morgan fingerprint density at radius 1 is 1.09 bits per heavy atom. The van der Waals surface area contributed by atoms with Crippen LogP contribution in [0.1, 0.15) is 56.6 Å². The summed E-state index contributed by atoms with van der Waals surface area (Å²) in [5.74, 6) is 0.0234. The zero-order chi connectivity index (χ0) is 23.5. The number of fused-ring (bicyclic) bond motifs is 1. The zero-order valence-corrected chi connectivity index (χ0v) is 19.4. The summed E-state index contributed by atoms with van der Waals surface area (Å²) in [6, 6.07) is 12.7. The van der Waals surface area contributed by atoms with E-state index in [2.05, 4.69) is 29.4 Å². The fourth-order valence-corrected chi connectivity index (χ4v) is 4.34. The van der Waals surface area contributed by atoms with Gasteiger partial charge in [-0.15, -0.1) is 10.2 Å². The Labute approximate surface area is 195 Å². The molecule has 33 heavy (non-hydrogen) atoms. The minimum Gasteiger partial charge on any atom is -0.483 e. The van der Waals surface area contributed by atoms with Crippen LogP contribution in [0.2, 0.25) is 0 Å². The second-order valence-electron chi connectivity index (χ2n) is 8.09. The molecule has 2 heterocycles. The quantitative estimate of drug-likeness (QED) is 0.509. The molecule has 4 rings (SSSR count). The normalized spacial score (nSPS) is 12.9. The number of rotatable bonds is 8. The average molecular weight is 465 g/mol. The van der Waals surface area contributed by atoms with E-state index in [1.54, 1.807) is 24.3 Å². The predicted molar refractivity (Wildman–Crippen MR) is 125 cm³/mol. The summed E-state index contributed by atoms with van der Waals surface area (Å²) >= 11 is 1.20. The van der Waals surface area contributed by atoms with Gasteiger partial charge in [0.15, 0.2) is 6.61 Å². The largest absolute Gasteiger partial charge is 0.483 e. The van der Waals surface area contributed by atoms with Gasteiger partial charge in [0.05, 0.1) is 11.1 Å². The number of ether oxygens (including phenoxy) is 1. The third-order valence-corrected chi connectivity index (χ3v) is 6.19. The lowest BCUT2D eigenvalue weighted by Gasteiger charge is -2.14. The minimum atomic E-state index is -0.339. The predicted octanol–water partition coefficient (Wildman–Crippen LogP) is 3.83. The first-order valence-electron chi connectivity index (χ1n) is 10.6. The van der Waals surface area contributed by atoms with Crippen LogP contribution in [0.4, 0.5) is 5.13 Å². The van der Waals surface area contributed by atoms with E-state index < -0.39 is 0 Å². The molecule has 3 amide bonds. The van der Waals surface area contributed by atoms with Crippen LogP contribution in [-0.2, 0) is 11.2 Å². The second-order valence-corrected chi connectivity index (χ2v) is 9.15. The van der Waals surface area contributed by atoms with Gasteiger partial charge in [0.25, 0.3) is 17.7 Å². The lowest BCUT2D eigenvalue weighted by Crippen LogP contribution is -2.31. The van der Waals surface area contributed by atoms with Crippen molar-refractivity contribution in [3.63, 3.8) is 0 Å². The molecule has 0 unspecified atom stereocenters.